The third-order valence-corrected chi connectivity index (χ3v) is 3.27. The molecule has 0 aromatic carbocycles. The van der Waals surface area contributed by atoms with Gasteiger partial charge < -0.3 is 25.8 Å². The molecule has 126 valence electrons. The Morgan fingerprint density at radius 2 is 1.42 bits per heavy atom. The number of hydrogen-bond donors (Lipinski definition) is 5. The van der Waals surface area contributed by atoms with Gasteiger partial charge in [0.25, 0.3) is 5.69 Å². The van der Waals surface area contributed by atoms with Crippen LogP contribution in [0, 0.1) is 24.0 Å². The Hall–Kier alpha value is -2.53. The number of nitrogens with zero attached hydrogens (tertiary/aromatic N) is 3. The van der Waals surface area contributed by atoms with Crippen LogP contribution in [0.15, 0.2) is 24.8 Å². The quantitative estimate of drug-likeness (QED) is 0.233. The molecule has 0 saturated heterocycles. The number of nitrogen functional groups attached to an aromatic ring is 1. The van der Waals surface area contributed by atoms with E-state index in [1.54, 1.807) is 6.92 Å². The summed E-state index contributed by atoms with van der Waals surface area (Å²) in [6.45, 7) is 3.15. The average molecular weight is 334 g/mol. The predicted octanol–water partition coefficient (Wildman–Crippen LogP) is -2.37. The highest BCUT2D eigenvalue weighted by Gasteiger charge is 2.21. The van der Waals surface area contributed by atoms with Crippen LogP contribution < -0.4 is 16.7 Å². The number of nitro groups is 1. The third kappa shape index (κ3) is 4.73. The van der Waals surface area contributed by atoms with Crippen LogP contribution in [0.5, 0.6) is 0 Å². The van der Waals surface area contributed by atoms with Crippen molar-refractivity contribution in [2.45, 2.75) is 13.8 Å². The first kappa shape index (κ1) is 19.5. The summed E-state index contributed by atoms with van der Waals surface area (Å²) >= 11 is 0. The maximum Gasteiger partial charge on any atom is 0.490 e. The van der Waals surface area contributed by atoms with Gasteiger partial charge in [0, 0.05) is 35.1 Å². The highest BCUT2D eigenvalue weighted by molar-refractivity contribution is 6.59. The van der Waals surface area contributed by atoms with Gasteiger partial charge in [-0.25, -0.2) is 0 Å². The van der Waals surface area contributed by atoms with Gasteiger partial charge in [0.2, 0.25) is 0 Å². The van der Waals surface area contributed by atoms with Crippen molar-refractivity contribution in [1.82, 2.24) is 9.97 Å². The number of nitrogens with two attached hydrogens (primary N) is 1. The van der Waals surface area contributed by atoms with E-state index in [0.29, 0.717) is 16.7 Å². The predicted molar refractivity (Wildman–Crippen MR) is 88.7 cm³/mol. The second-order valence-corrected chi connectivity index (χ2v) is 4.82. The van der Waals surface area contributed by atoms with Crippen molar-refractivity contribution < 1.29 is 25.0 Å². The first-order valence-electron chi connectivity index (χ1n) is 6.68. The fraction of sp³-hybridized carbons (Fsp3) is 0.167. The van der Waals surface area contributed by atoms with E-state index in [2.05, 4.69) is 9.97 Å². The molecule has 0 aliphatic heterocycles. The van der Waals surface area contributed by atoms with Gasteiger partial charge in [-0.2, -0.15) is 0 Å². The molecular formula is C12H16B2N4O6. The van der Waals surface area contributed by atoms with Crippen LogP contribution in [0.3, 0.4) is 0 Å². The van der Waals surface area contributed by atoms with Crippen molar-refractivity contribution in [3.05, 3.63) is 46.0 Å². The second-order valence-electron chi connectivity index (χ2n) is 4.82. The molecule has 2 aromatic heterocycles. The maximum atomic E-state index is 10.4. The molecule has 2 rings (SSSR count). The molecule has 10 nitrogen and oxygen atoms in total. The summed E-state index contributed by atoms with van der Waals surface area (Å²) in [4.78, 5) is 17.0. The summed E-state index contributed by atoms with van der Waals surface area (Å²) in [5, 5.41) is 45.6. The molecule has 0 atom stereocenters. The lowest BCUT2D eigenvalue weighted by Crippen LogP contribution is -2.33. The standard InChI is InChI=1S/C6H7BN2O4.C6H9BN2O2/c1-4-5(7(10)11)2-8-3-6(4)9(12)13;1-4-5(7(10)11)2-9-3-6(4)8/h2-3,10-11H,1H3;2-3,10-11H,8H2,1H3. The molecule has 24 heavy (non-hydrogen) atoms. The van der Waals surface area contributed by atoms with E-state index < -0.39 is 19.2 Å². The molecule has 0 spiro atoms. The zero-order valence-corrected chi connectivity index (χ0v) is 13.0. The van der Waals surface area contributed by atoms with Crippen LogP contribution in [0.2, 0.25) is 0 Å². The van der Waals surface area contributed by atoms with Crippen molar-refractivity contribution in [2.24, 2.45) is 0 Å². The van der Waals surface area contributed by atoms with Crippen molar-refractivity contribution in [3.63, 3.8) is 0 Å². The topological polar surface area (TPSA) is 176 Å². The van der Waals surface area contributed by atoms with Crippen LogP contribution in [-0.4, -0.2) is 49.2 Å². The highest BCUT2D eigenvalue weighted by atomic mass is 16.6. The number of anilines is 1. The van der Waals surface area contributed by atoms with E-state index >= 15 is 0 Å². The SMILES string of the molecule is Cc1c(B(O)O)cncc1[N+](=O)[O-].Cc1c(N)cncc1B(O)O. The molecule has 0 fully saturated rings. The minimum atomic E-state index is -1.73. The van der Waals surface area contributed by atoms with Crippen LogP contribution in [0.1, 0.15) is 11.1 Å². The smallest absolute Gasteiger partial charge is 0.423 e. The first-order valence-corrected chi connectivity index (χ1v) is 6.68. The molecule has 12 heteroatoms. The Labute approximate surface area is 138 Å². The summed E-state index contributed by atoms with van der Waals surface area (Å²) in [6, 6.07) is 0. The Morgan fingerprint density at radius 1 is 0.958 bits per heavy atom. The molecule has 0 aliphatic carbocycles. The number of rotatable bonds is 3. The normalized spacial score (nSPS) is 9.75. The summed E-state index contributed by atoms with van der Waals surface area (Å²) < 4.78 is 0. The minimum absolute atomic E-state index is 0.0502. The largest absolute Gasteiger partial charge is 0.490 e. The fourth-order valence-corrected chi connectivity index (χ4v) is 1.79. The van der Waals surface area contributed by atoms with E-state index in [-0.39, 0.29) is 16.7 Å². The van der Waals surface area contributed by atoms with E-state index in [4.69, 9.17) is 25.8 Å². The molecule has 0 radical (unpaired) electrons. The zero-order chi connectivity index (χ0) is 18.4. The number of aromatic nitrogens is 2. The van der Waals surface area contributed by atoms with Crippen LogP contribution in [-0.2, 0) is 0 Å². The van der Waals surface area contributed by atoms with Gasteiger partial charge in [0.15, 0.2) is 0 Å². The van der Waals surface area contributed by atoms with Gasteiger partial charge in [-0.15, -0.1) is 0 Å². The lowest BCUT2D eigenvalue weighted by molar-refractivity contribution is -0.385. The van der Waals surface area contributed by atoms with E-state index in [9.17, 15) is 10.1 Å². The van der Waals surface area contributed by atoms with Crippen molar-refractivity contribution in [1.29, 1.82) is 0 Å². The monoisotopic (exact) mass is 334 g/mol. The van der Waals surface area contributed by atoms with Gasteiger partial charge in [-0.3, -0.25) is 20.1 Å². The van der Waals surface area contributed by atoms with E-state index in [1.165, 1.54) is 25.5 Å². The first-order chi connectivity index (χ1) is 11.2. The lowest BCUT2D eigenvalue weighted by atomic mass is 9.78. The lowest BCUT2D eigenvalue weighted by Gasteiger charge is -2.04. The molecule has 0 saturated carbocycles. The van der Waals surface area contributed by atoms with Crippen LogP contribution in [0.25, 0.3) is 0 Å². The van der Waals surface area contributed by atoms with Gasteiger partial charge >= 0.3 is 14.2 Å². The van der Waals surface area contributed by atoms with Crippen LogP contribution in [0.4, 0.5) is 11.4 Å². The third-order valence-electron chi connectivity index (χ3n) is 3.27. The molecule has 0 bridgehead atoms. The fourth-order valence-electron chi connectivity index (χ4n) is 1.79. The number of pyridine rings is 2. The van der Waals surface area contributed by atoms with Crippen LogP contribution >= 0.6 is 0 Å². The van der Waals surface area contributed by atoms with E-state index in [0.717, 1.165) is 6.20 Å². The van der Waals surface area contributed by atoms with E-state index in [1.807, 2.05) is 0 Å². The summed E-state index contributed by atoms with van der Waals surface area (Å²) in [6.07, 6.45) is 5.12. The average Bonchev–Trinajstić information content (AvgIpc) is 2.50. The maximum absolute atomic E-state index is 10.4. The van der Waals surface area contributed by atoms with Crippen molar-refractivity contribution in [2.75, 3.05) is 5.73 Å². The van der Waals surface area contributed by atoms with Gasteiger partial charge in [0.1, 0.15) is 6.20 Å². The second kappa shape index (κ2) is 8.36. The Bertz CT molecular complexity index is 729. The summed E-state index contributed by atoms with van der Waals surface area (Å²) in [5.74, 6) is 0. The highest BCUT2D eigenvalue weighted by Crippen LogP contribution is 2.12. The molecule has 0 unspecified atom stereocenters. The molecule has 0 amide bonds. The van der Waals surface area contributed by atoms with Gasteiger partial charge in [-0.1, -0.05) is 0 Å². The number of hydrogen-bond acceptors (Lipinski definition) is 9. The molecule has 6 N–H and O–H groups in total. The van der Waals surface area contributed by atoms with Crippen molar-refractivity contribution in [3.8, 4) is 0 Å². The molecule has 2 heterocycles. The Kier molecular flexibility index (Phi) is 6.80. The summed E-state index contributed by atoms with van der Waals surface area (Å²) in [7, 11) is -3.22. The van der Waals surface area contributed by atoms with Crippen molar-refractivity contribution >= 4 is 36.5 Å². The Morgan fingerprint density at radius 3 is 1.83 bits per heavy atom. The van der Waals surface area contributed by atoms with Gasteiger partial charge in [0.05, 0.1) is 10.6 Å². The molecule has 0 aliphatic rings. The summed E-state index contributed by atoms with van der Waals surface area (Å²) in [5.41, 5.74) is 7.01. The Balaban J connectivity index is 0.000000243. The minimum Gasteiger partial charge on any atom is -0.423 e. The molecule has 2 aromatic rings. The zero-order valence-electron chi connectivity index (χ0n) is 13.0. The van der Waals surface area contributed by atoms with Gasteiger partial charge in [-0.05, 0) is 19.4 Å². The molecular weight excluding hydrogens is 318 g/mol.